The fourth-order valence-corrected chi connectivity index (χ4v) is 2.67. The second-order valence-electron chi connectivity index (χ2n) is 4.41. The number of rotatable bonds is 5. The summed E-state index contributed by atoms with van der Waals surface area (Å²) < 4.78 is 35.5. The van der Waals surface area contributed by atoms with Gasteiger partial charge in [-0.15, -0.1) is 5.10 Å². The highest BCUT2D eigenvalue weighted by Crippen LogP contribution is 2.23. The van der Waals surface area contributed by atoms with Crippen molar-refractivity contribution >= 4 is 22.0 Å². The lowest BCUT2D eigenvalue weighted by molar-refractivity contribution is -0.139. The molecule has 1 saturated heterocycles. The molecular weight excluding hydrogens is 288 g/mol. The molecule has 1 aliphatic heterocycles. The molecule has 1 aromatic rings. The van der Waals surface area contributed by atoms with Gasteiger partial charge in [0.05, 0.1) is 13.2 Å². The standard InChI is InChI=1S/C10H16N4O5S/c1-6(9(15)18-2)20(16,17)14-10-13-12-8(19-10)7-4-3-5-11-7/h6-7,11H,3-5H2,1-2H3,(H,13,14). The summed E-state index contributed by atoms with van der Waals surface area (Å²) in [5.74, 6) is -0.541. The van der Waals surface area contributed by atoms with Gasteiger partial charge in [0.2, 0.25) is 15.9 Å². The lowest BCUT2D eigenvalue weighted by Gasteiger charge is -2.10. The smallest absolute Gasteiger partial charge is 0.329 e. The van der Waals surface area contributed by atoms with Crippen LogP contribution in [0.2, 0.25) is 0 Å². The van der Waals surface area contributed by atoms with Gasteiger partial charge >= 0.3 is 12.0 Å². The summed E-state index contributed by atoms with van der Waals surface area (Å²) in [4.78, 5) is 11.2. The number of carbonyl (C=O) groups is 1. The van der Waals surface area contributed by atoms with Crippen LogP contribution < -0.4 is 10.0 Å². The summed E-state index contributed by atoms with van der Waals surface area (Å²) in [5, 5.41) is 9.18. The van der Waals surface area contributed by atoms with Crippen molar-refractivity contribution in [1.29, 1.82) is 0 Å². The highest BCUT2D eigenvalue weighted by Gasteiger charge is 2.31. The number of aromatic nitrogens is 2. The summed E-state index contributed by atoms with van der Waals surface area (Å²) in [6, 6.07) is -0.316. The predicted octanol–water partition coefficient (Wildman–Crippen LogP) is -0.203. The number of hydrogen-bond acceptors (Lipinski definition) is 8. The molecule has 2 N–H and O–H groups in total. The SMILES string of the molecule is COC(=O)C(C)S(=O)(=O)Nc1nnc(C2CCCN2)o1. The Morgan fingerprint density at radius 1 is 1.55 bits per heavy atom. The van der Waals surface area contributed by atoms with Gasteiger partial charge in [-0.05, 0) is 26.3 Å². The molecular formula is C10H16N4O5S. The molecule has 0 radical (unpaired) electrons. The summed E-state index contributed by atoms with van der Waals surface area (Å²) in [7, 11) is -2.86. The van der Waals surface area contributed by atoms with Crippen molar-refractivity contribution in [3.8, 4) is 0 Å². The third-order valence-corrected chi connectivity index (χ3v) is 4.61. The summed E-state index contributed by atoms with van der Waals surface area (Å²) in [6.45, 7) is 2.07. The number of sulfonamides is 1. The van der Waals surface area contributed by atoms with Crippen LogP contribution >= 0.6 is 0 Å². The summed E-state index contributed by atoms with van der Waals surface area (Å²) >= 11 is 0. The topological polar surface area (TPSA) is 123 Å². The van der Waals surface area contributed by atoms with Crippen molar-refractivity contribution < 1.29 is 22.4 Å². The Kier molecular flexibility index (Phi) is 4.23. The Labute approximate surface area is 116 Å². The maximum absolute atomic E-state index is 11.9. The number of methoxy groups -OCH3 is 1. The average Bonchev–Trinajstić information content (AvgIpc) is 3.06. The number of hydrogen-bond donors (Lipinski definition) is 2. The highest BCUT2D eigenvalue weighted by atomic mass is 32.2. The second-order valence-corrected chi connectivity index (χ2v) is 6.41. The Bertz CT molecular complexity index is 578. The Morgan fingerprint density at radius 3 is 2.90 bits per heavy atom. The van der Waals surface area contributed by atoms with Gasteiger partial charge in [-0.25, -0.2) is 13.1 Å². The number of nitrogens with zero attached hydrogens (tertiary/aromatic N) is 2. The first-order valence-corrected chi connectivity index (χ1v) is 7.65. The maximum atomic E-state index is 11.9. The largest absolute Gasteiger partial charge is 0.468 e. The normalized spacial score (nSPS) is 20.6. The van der Waals surface area contributed by atoms with Gasteiger partial charge in [0.1, 0.15) is 0 Å². The molecule has 2 atom stereocenters. The molecule has 20 heavy (non-hydrogen) atoms. The van der Waals surface area contributed by atoms with Crippen molar-refractivity contribution in [3.63, 3.8) is 0 Å². The van der Waals surface area contributed by atoms with Crippen molar-refractivity contribution in [2.24, 2.45) is 0 Å². The van der Waals surface area contributed by atoms with Gasteiger partial charge in [-0.3, -0.25) is 4.79 Å². The van der Waals surface area contributed by atoms with Crippen LogP contribution in [-0.4, -0.2) is 43.5 Å². The Hall–Kier alpha value is -1.68. The monoisotopic (exact) mass is 304 g/mol. The lowest BCUT2D eigenvalue weighted by atomic mass is 10.2. The lowest BCUT2D eigenvalue weighted by Crippen LogP contribution is -2.33. The van der Waals surface area contributed by atoms with E-state index >= 15 is 0 Å². The van der Waals surface area contributed by atoms with E-state index in [0.717, 1.165) is 26.5 Å². The molecule has 0 aromatic carbocycles. The van der Waals surface area contributed by atoms with Gasteiger partial charge in [0.15, 0.2) is 5.25 Å². The number of anilines is 1. The van der Waals surface area contributed by atoms with Crippen LogP contribution in [-0.2, 0) is 19.6 Å². The maximum Gasteiger partial charge on any atom is 0.329 e. The van der Waals surface area contributed by atoms with E-state index < -0.39 is 21.2 Å². The van der Waals surface area contributed by atoms with Gasteiger partial charge in [0, 0.05) is 0 Å². The minimum atomic E-state index is -3.98. The van der Waals surface area contributed by atoms with Gasteiger partial charge < -0.3 is 14.5 Å². The number of carbonyl (C=O) groups excluding carboxylic acids is 1. The fraction of sp³-hybridized carbons (Fsp3) is 0.700. The van der Waals surface area contributed by atoms with E-state index in [2.05, 4.69) is 25.0 Å². The Morgan fingerprint density at radius 2 is 2.30 bits per heavy atom. The van der Waals surface area contributed by atoms with E-state index in [-0.39, 0.29) is 12.1 Å². The van der Waals surface area contributed by atoms with Crippen molar-refractivity contribution in [2.45, 2.75) is 31.1 Å². The zero-order valence-corrected chi connectivity index (χ0v) is 11.9. The molecule has 112 valence electrons. The van der Waals surface area contributed by atoms with Crippen LogP contribution in [0.3, 0.4) is 0 Å². The first-order valence-electron chi connectivity index (χ1n) is 6.10. The van der Waals surface area contributed by atoms with Gasteiger partial charge in [-0.1, -0.05) is 5.10 Å². The first kappa shape index (κ1) is 14.7. The minimum Gasteiger partial charge on any atom is -0.468 e. The van der Waals surface area contributed by atoms with Crippen LogP contribution in [0.5, 0.6) is 0 Å². The van der Waals surface area contributed by atoms with E-state index in [1.165, 1.54) is 6.92 Å². The van der Waals surface area contributed by atoms with Crippen LogP contribution in [0.1, 0.15) is 31.7 Å². The molecule has 2 heterocycles. The zero-order valence-electron chi connectivity index (χ0n) is 11.1. The molecule has 2 rings (SSSR count). The molecule has 0 spiro atoms. The molecule has 1 fully saturated rings. The first-order chi connectivity index (χ1) is 9.44. The quantitative estimate of drug-likeness (QED) is 0.717. The van der Waals surface area contributed by atoms with Crippen LogP contribution in [0.4, 0.5) is 6.01 Å². The molecule has 0 saturated carbocycles. The summed E-state index contributed by atoms with van der Waals surface area (Å²) in [6.07, 6.45) is 1.85. The highest BCUT2D eigenvalue weighted by molar-refractivity contribution is 7.94. The van der Waals surface area contributed by atoms with E-state index in [1.807, 2.05) is 0 Å². The number of nitrogens with one attached hydrogen (secondary N) is 2. The number of ether oxygens (including phenoxy) is 1. The third kappa shape index (κ3) is 3.07. The molecule has 1 aliphatic rings. The minimum absolute atomic E-state index is 0.0567. The molecule has 0 aliphatic carbocycles. The summed E-state index contributed by atoms with van der Waals surface area (Å²) in [5.41, 5.74) is 0. The number of esters is 1. The van der Waals surface area contributed by atoms with Crippen molar-refractivity contribution in [2.75, 3.05) is 18.4 Å². The fourth-order valence-electron chi connectivity index (χ4n) is 1.81. The molecule has 1 aromatic heterocycles. The van der Waals surface area contributed by atoms with Crippen LogP contribution in [0.15, 0.2) is 4.42 Å². The molecule has 0 bridgehead atoms. The van der Waals surface area contributed by atoms with E-state index in [1.54, 1.807) is 0 Å². The predicted molar refractivity (Wildman–Crippen MR) is 68.3 cm³/mol. The van der Waals surface area contributed by atoms with Gasteiger partial charge in [-0.2, -0.15) is 0 Å². The van der Waals surface area contributed by atoms with E-state index in [4.69, 9.17) is 4.42 Å². The van der Waals surface area contributed by atoms with Crippen molar-refractivity contribution in [1.82, 2.24) is 15.5 Å². The Balaban J connectivity index is 2.07. The average molecular weight is 304 g/mol. The second kappa shape index (κ2) is 5.75. The van der Waals surface area contributed by atoms with Gasteiger partial charge in [0.25, 0.3) is 0 Å². The molecule has 2 unspecified atom stereocenters. The van der Waals surface area contributed by atoms with Crippen LogP contribution in [0, 0.1) is 0 Å². The van der Waals surface area contributed by atoms with E-state index in [0.29, 0.717) is 5.89 Å². The van der Waals surface area contributed by atoms with Crippen LogP contribution in [0.25, 0.3) is 0 Å². The third-order valence-electron chi connectivity index (χ3n) is 3.03. The molecule has 9 nitrogen and oxygen atoms in total. The van der Waals surface area contributed by atoms with Crippen molar-refractivity contribution in [3.05, 3.63) is 5.89 Å². The zero-order chi connectivity index (χ0) is 14.8. The molecule has 0 amide bonds. The molecule has 10 heteroatoms. The van der Waals surface area contributed by atoms with E-state index in [9.17, 15) is 13.2 Å².